The Labute approximate surface area is 65.7 Å². The highest BCUT2D eigenvalue weighted by Crippen LogP contribution is 2.25. The number of hydrogen-bond acceptors (Lipinski definition) is 3. The Hall–Kier alpha value is -1.29. The molecule has 2 heterocycles. The first-order chi connectivity index (χ1) is 5.42. The summed E-state index contributed by atoms with van der Waals surface area (Å²) in [6.45, 7) is 0. The third-order valence-corrected chi connectivity index (χ3v) is 2.85. The maximum atomic E-state index is 10.5. The molecule has 2 aromatic rings. The molecule has 0 aliphatic heterocycles. The fourth-order valence-electron chi connectivity index (χ4n) is 0.929. The van der Waals surface area contributed by atoms with Gasteiger partial charge in [-0.25, -0.2) is 9.78 Å². The second kappa shape index (κ2) is 2.39. The van der Waals surface area contributed by atoms with Crippen molar-refractivity contribution in [1.82, 2.24) is 9.97 Å². The number of nitrogens with zero attached hydrogens (tertiary/aromatic N) is 2. The molecule has 4 heteroatoms. The van der Waals surface area contributed by atoms with Crippen molar-refractivity contribution in [3.63, 3.8) is 0 Å². The normalized spacial score (nSPS) is 11.8. The summed E-state index contributed by atoms with van der Waals surface area (Å²) in [4.78, 5) is 19.2. The van der Waals surface area contributed by atoms with Crippen molar-refractivity contribution in [1.29, 1.82) is 0 Å². The van der Waals surface area contributed by atoms with Crippen LogP contribution in [-0.4, -0.2) is 15.6 Å². The SMILES string of the molecule is O=C[s+]1ccc2cncnc21. The average molecular weight is 165 g/mol. The summed E-state index contributed by atoms with van der Waals surface area (Å²) in [6.07, 6.45) is 3.19. The van der Waals surface area contributed by atoms with Gasteiger partial charge in [0.2, 0.25) is 0 Å². The molecule has 0 saturated carbocycles. The van der Waals surface area contributed by atoms with Crippen molar-refractivity contribution < 1.29 is 4.79 Å². The number of aromatic nitrogens is 2. The molecular formula is C7H5N2OS+. The minimum atomic E-state index is -0.421. The predicted molar refractivity (Wildman–Crippen MR) is 44.2 cm³/mol. The highest BCUT2D eigenvalue weighted by atomic mass is 32.2. The second-order valence-corrected chi connectivity index (χ2v) is 3.65. The van der Waals surface area contributed by atoms with E-state index in [0.29, 0.717) is 0 Å². The molecule has 0 radical (unpaired) electrons. The molecule has 1 atom stereocenters. The zero-order chi connectivity index (χ0) is 7.68. The van der Waals surface area contributed by atoms with Crippen LogP contribution >= 0.6 is 10.5 Å². The Balaban J connectivity index is 2.86. The Morgan fingerprint density at radius 3 is 3.27 bits per heavy atom. The third-order valence-electron chi connectivity index (χ3n) is 1.42. The zero-order valence-corrected chi connectivity index (χ0v) is 6.41. The van der Waals surface area contributed by atoms with E-state index >= 15 is 0 Å². The highest BCUT2D eigenvalue weighted by Gasteiger charge is 2.11. The average Bonchev–Trinajstić information content (AvgIpc) is 2.47. The molecule has 0 fully saturated rings. The Morgan fingerprint density at radius 2 is 2.45 bits per heavy atom. The lowest BCUT2D eigenvalue weighted by atomic mass is 10.4. The van der Waals surface area contributed by atoms with Crippen LogP contribution in [0.15, 0.2) is 24.0 Å². The quantitative estimate of drug-likeness (QED) is 0.474. The number of rotatable bonds is 1. The molecular weight excluding hydrogens is 160 g/mol. The molecule has 0 aliphatic carbocycles. The molecule has 0 aliphatic rings. The van der Waals surface area contributed by atoms with Gasteiger partial charge in [0.05, 0.1) is 15.9 Å². The monoisotopic (exact) mass is 165 g/mol. The van der Waals surface area contributed by atoms with Crippen molar-refractivity contribution in [3.8, 4) is 0 Å². The van der Waals surface area contributed by atoms with Crippen LogP contribution in [0.3, 0.4) is 0 Å². The number of carbonyl (C=O) groups is 1. The lowest BCUT2D eigenvalue weighted by Gasteiger charge is -1.78. The van der Waals surface area contributed by atoms with Gasteiger partial charge in [-0.2, -0.15) is 4.98 Å². The molecule has 2 aromatic heterocycles. The van der Waals surface area contributed by atoms with Crippen LogP contribution < -0.4 is 0 Å². The maximum absolute atomic E-state index is 10.5. The molecule has 3 nitrogen and oxygen atoms in total. The molecule has 11 heavy (non-hydrogen) atoms. The molecule has 0 N–H and O–H groups in total. The van der Waals surface area contributed by atoms with Gasteiger partial charge in [-0.15, -0.1) is 0 Å². The van der Waals surface area contributed by atoms with Crippen molar-refractivity contribution in [2.45, 2.75) is 0 Å². The smallest absolute Gasteiger partial charge is 0.244 e. The standard InChI is InChI=1S/C7H5N2OS/c10-5-11-2-1-6-3-8-4-9-7(6)11/h1-5H/q+1. The molecule has 2 rings (SSSR count). The van der Waals surface area contributed by atoms with E-state index in [2.05, 4.69) is 9.97 Å². The van der Waals surface area contributed by atoms with Gasteiger partial charge in [0, 0.05) is 12.3 Å². The molecule has 0 saturated heterocycles. The summed E-state index contributed by atoms with van der Waals surface area (Å²) in [7, 11) is -0.421. The number of hydrogen-bond donors (Lipinski definition) is 0. The summed E-state index contributed by atoms with van der Waals surface area (Å²) in [5.74, 6) is 0. The van der Waals surface area contributed by atoms with Gasteiger partial charge < -0.3 is 0 Å². The zero-order valence-electron chi connectivity index (χ0n) is 5.60. The minimum absolute atomic E-state index is 0.421. The van der Waals surface area contributed by atoms with Crippen molar-refractivity contribution >= 4 is 26.3 Å². The summed E-state index contributed by atoms with van der Waals surface area (Å²) in [5.41, 5.74) is 0.912. The van der Waals surface area contributed by atoms with E-state index in [1.54, 1.807) is 6.20 Å². The minimum Gasteiger partial charge on any atom is -0.244 e. The van der Waals surface area contributed by atoms with E-state index in [4.69, 9.17) is 0 Å². The maximum Gasteiger partial charge on any atom is 0.345 e. The van der Waals surface area contributed by atoms with Gasteiger partial charge in [-0.05, 0) is 0 Å². The first-order valence-corrected chi connectivity index (χ1v) is 4.42. The molecule has 54 valence electrons. The van der Waals surface area contributed by atoms with Crippen LogP contribution in [0.25, 0.3) is 10.2 Å². The fourth-order valence-corrected chi connectivity index (χ4v) is 2.07. The molecule has 0 bridgehead atoms. The van der Waals surface area contributed by atoms with Crippen molar-refractivity contribution in [3.05, 3.63) is 24.0 Å². The summed E-state index contributed by atoms with van der Waals surface area (Å²) < 4.78 is 0. The van der Waals surface area contributed by atoms with Crippen LogP contribution in [0, 0.1) is 0 Å². The van der Waals surface area contributed by atoms with Gasteiger partial charge in [0.15, 0.2) is 0 Å². The van der Waals surface area contributed by atoms with Gasteiger partial charge in [-0.3, -0.25) is 0 Å². The summed E-state index contributed by atoms with van der Waals surface area (Å²) >= 11 is 0. The van der Waals surface area contributed by atoms with Crippen LogP contribution in [0.2, 0.25) is 0 Å². The van der Waals surface area contributed by atoms with Crippen LogP contribution in [0.4, 0.5) is 0 Å². The van der Waals surface area contributed by atoms with Gasteiger partial charge in [-0.1, -0.05) is 0 Å². The van der Waals surface area contributed by atoms with E-state index in [1.807, 2.05) is 11.4 Å². The topological polar surface area (TPSA) is 42.9 Å². The Kier molecular flexibility index (Phi) is 1.40. The number of fused-ring (bicyclic) bond motifs is 1. The van der Waals surface area contributed by atoms with E-state index < -0.39 is 10.5 Å². The molecule has 1 unspecified atom stereocenters. The Bertz CT molecular complexity index is 396. The van der Waals surface area contributed by atoms with Crippen LogP contribution in [-0.2, 0) is 4.79 Å². The molecule has 0 spiro atoms. The fraction of sp³-hybridized carbons (Fsp3) is 0. The molecule has 0 aromatic carbocycles. The number of carbonyl (C=O) groups excluding carboxylic acids is 1. The van der Waals surface area contributed by atoms with Crippen LogP contribution in [0.1, 0.15) is 0 Å². The highest BCUT2D eigenvalue weighted by molar-refractivity contribution is 7.51. The predicted octanol–water partition coefficient (Wildman–Crippen LogP) is 1.42. The van der Waals surface area contributed by atoms with Gasteiger partial charge in [0.1, 0.15) is 11.7 Å². The van der Waals surface area contributed by atoms with E-state index in [9.17, 15) is 4.79 Å². The lowest BCUT2D eigenvalue weighted by Crippen LogP contribution is -1.74. The third kappa shape index (κ3) is 0.914. The van der Waals surface area contributed by atoms with Gasteiger partial charge >= 0.3 is 5.62 Å². The number of thiophene rings is 1. The summed E-state index contributed by atoms with van der Waals surface area (Å²) in [5, 5.41) is 2.81. The van der Waals surface area contributed by atoms with E-state index in [1.165, 1.54) is 6.33 Å². The summed E-state index contributed by atoms with van der Waals surface area (Å²) in [6, 6.07) is 1.88. The lowest BCUT2D eigenvalue weighted by molar-refractivity contribution is 0.569. The first-order valence-electron chi connectivity index (χ1n) is 3.07. The largest absolute Gasteiger partial charge is 0.345 e. The second-order valence-electron chi connectivity index (χ2n) is 2.05. The molecule has 0 amide bonds. The van der Waals surface area contributed by atoms with E-state index in [0.717, 1.165) is 15.8 Å². The van der Waals surface area contributed by atoms with E-state index in [-0.39, 0.29) is 0 Å². The van der Waals surface area contributed by atoms with Crippen molar-refractivity contribution in [2.24, 2.45) is 0 Å². The van der Waals surface area contributed by atoms with Gasteiger partial charge in [0.25, 0.3) is 4.83 Å². The van der Waals surface area contributed by atoms with Crippen molar-refractivity contribution in [2.75, 3.05) is 0 Å². The Morgan fingerprint density at radius 1 is 1.55 bits per heavy atom. The first kappa shape index (κ1) is 6.42. The van der Waals surface area contributed by atoms with Crippen LogP contribution in [0.5, 0.6) is 0 Å².